The molecule has 0 bridgehead atoms. The Morgan fingerprint density at radius 2 is 1.67 bits per heavy atom. The summed E-state index contributed by atoms with van der Waals surface area (Å²) in [5, 5.41) is 7.59. The lowest BCUT2D eigenvalue weighted by Crippen LogP contribution is -2.02. The fourth-order valence-electron chi connectivity index (χ4n) is 0. The summed E-state index contributed by atoms with van der Waals surface area (Å²) >= 11 is 2.20. The molecule has 4 heteroatoms. The van der Waals surface area contributed by atoms with Gasteiger partial charge in [-0.05, 0) is 0 Å². The van der Waals surface area contributed by atoms with Crippen molar-refractivity contribution in [3.63, 3.8) is 0 Å². The van der Waals surface area contributed by atoms with Gasteiger partial charge in [-0.25, -0.2) is 4.79 Å². The SMILES string of the molecule is O=C(O)C(=O)Br. The summed E-state index contributed by atoms with van der Waals surface area (Å²) in [6.45, 7) is 0. The Kier molecular flexibility index (Phi) is 1.80. The molecule has 0 unspecified atom stereocenters. The molecule has 0 aliphatic carbocycles. The van der Waals surface area contributed by atoms with Crippen LogP contribution < -0.4 is 0 Å². The maximum atomic E-state index is 9.46. The minimum atomic E-state index is -1.46. The Hall–Kier alpha value is -0.380. The van der Waals surface area contributed by atoms with Crippen LogP contribution in [-0.2, 0) is 9.59 Å². The fraction of sp³-hybridized carbons (Fsp3) is 0. The van der Waals surface area contributed by atoms with Crippen LogP contribution in [0.3, 0.4) is 0 Å². The van der Waals surface area contributed by atoms with E-state index in [0.717, 1.165) is 0 Å². The van der Waals surface area contributed by atoms with Crippen molar-refractivity contribution in [2.24, 2.45) is 0 Å². The average Bonchev–Trinajstić information content (AvgIpc) is 1.36. The van der Waals surface area contributed by atoms with Gasteiger partial charge in [-0.3, -0.25) is 4.79 Å². The van der Waals surface area contributed by atoms with E-state index in [9.17, 15) is 9.59 Å². The summed E-state index contributed by atoms with van der Waals surface area (Å²) in [4.78, 5) is 18.8. The van der Waals surface area contributed by atoms with E-state index in [1.165, 1.54) is 0 Å². The molecule has 0 heterocycles. The molecule has 0 amide bonds. The molecule has 0 rings (SSSR count). The molecule has 6 heavy (non-hydrogen) atoms. The summed E-state index contributed by atoms with van der Waals surface area (Å²) in [6, 6.07) is 0. The number of aliphatic carboxylic acids is 1. The van der Waals surface area contributed by atoms with E-state index < -0.39 is 10.7 Å². The molecule has 0 aromatic rings. The van der Waals surface area contributed by atoms with Crippen molar-refractivity contribution in [3.05, 3.63) is 0 Å². The van der Waals surface area contributed by atoms with Gasteiger partial charge in [0, 0.05) is 15.9 Å². The molecule has 34 valence electrons. The number of halogens is 1. The van der Waals surface area contributed by atoms with Crippen LogP contribution in [0.4, 0.5) is 0 Å². The Labute approximate surface area is 42.1 Å². The van der Waals surface area contributed by atoms with E-state index in [0.29, 0.717) is 0 Å². The smallest absolute Gasteiger partial charge is 0.384 e. The number of carboxylic acids is 1. The molecule has 1 N–H and O–H groups in total. The maximum absolute atomic E-state index is 9.46. The van der Waals surface area contributed by atoms with E-state index in [4.69, 9.17) is 5.11 Å². The molecule has 0 aromatic heterocycles. The first kappa shape index (κ1) is 5.62. The van der Waals surface area contributed by atoms with E-state index in [2.05, 4.69) is 15.9 Å². The predicted molar refractivity (Wildman–Crippen MR) is 21.6 cm³/mol. The normalized spacial score (nSPS) is 7.50. The van der Waals surface area contributed by atoms with Crippen LogP contribution in [0.5, 0.6) is 0 Å². The van der Waals surface area contributed by atoms with Gasteiger partial charge in [0.05, 0.1) is 0 Å². The maximum Gasteiger partial charge on any atom is 0.384 e. The van der Waals surface area contributed by atoms with Crippen molar-refractivity contribution < 1.29 is 14.7 Å². The lowest BCUT2D eigenvalue weighted by Gasteiger charge is -1.70. The third-order valence-electron chi connectivity index (χ3n) is 0.168. The topological polar surface area (TPSA) is 54.4 Å². The van der Waals surface area contributed by atoms with Crippen molar-refractivity contribution >= 4 is 26.6 Å². The second kappa shape index (κ2) is 1.92. The van der Waals surface area contributed by atoms with Crippen molar-refractivity contribution in [1.82, 2.24) is 0 Å². The van der Waals surface area contributed by atoms with Crippen LogP contribution >= 0.6 is 15.9 Å². The Balaban J connectivity index is 3.57. The van der Waals surface area contributed by atoms with Gasteiger partial charge in [-0.2, -0.15) is 0 Å². The number of hydrogen-bond donors (Lipinski definition) is 1. The highest BCUT2D eigenvalue weighted by molar-refractivity contribution is 9.19. The van der Waals surface area contributed by atoms with Crippen molar-refractivity contribution in [1.29, 1.82) is 0 Å². The number of rotatable bonds is 1. The van der Waals surface area contributed by atoms with Gasteiger partial charge < -0.3 is 5.11 Å². The van der Waals surface area contributed by atoms with Crippen LogP contribution in [-0.4, -0.2) is 15.8 Å². The number of carbonyl (C=O) groups excluding carboxylic acids is 1. The fourth-order valence-corrected chi connectivity index (χ4v) is 0. The predicted octanol–water partition coefficient (Wildman–Crippen LogP) is -0.00750. The second-order valence-electron chi connectivity index (χ2n) is 0.579. The summed E-state index contributed by atoms with van der Waals surface area (Å²) in [5.41, 5.74) is 0. The molecule has 0 radical (unpaired) electrons. The van der Waals surface area contributed by atoms with Crippen LogP contribution in [0, 0.1) is 0 Å². The zero-order valence-corrected chi connectivity index (χ0v) is 4.23. The Morgan fingerprint density at radius 1 is 1.50 bits per heavy atom. The van der Waals surface area contributed by atoms with E-state index in [1.54, 1.807) is 0 Å². The molecule has 0 aliphatic heterocycles. The van der Waals surface area contributed by atoms with Crippen molar-refractivity contribution in [2.45, 2.75) is 0 Å². The molecule has 0 atom stereocenters. The van der Waals surface area contributed by atoms with Gasteiger partial charge in [0.2, 0.25) is 0 Å². The van der Waals surface area contributed by atoms with Gasteiger partial charge in [0.25, 0.3) is 0 Å². The van der Waals surface area contributed by atoms with Crippen LogP contribution in [0.15, 0.2) is 0 Å². The number of hydrogen-bond acceptors (Lipinski definition) is 2. The van der Waals surface area contributed by atoms with Crippen LogP contribution in [0.25, 0.3) is 0 Å². The van der Waals surface area contributed by atoms with E-state index >= 15 is 0 Å². The second-order valence-corrected chi connectivity index (χ2v) is 1.30. The number of carboxylic acid groups (broad SMARTS) is 1. The largest absolute Gasteiger partial charge is 0.475 e. The monoisotopic (exact) mass is 152 g/mol. The van der Waals surface area contributed by atoms with E-state index in [1.807, 2.05) is 0 Å². The van der Waals surface area contributed by atoms with Gasteiger partial charge in [-0.1, -0.05) is 0 Å². The van der Waals surface area contributed by atoms with Crippen molar-refractivity contribution in [2.75, 3.05) is 0 Å². The van der Waals surface area contributed by atoms with Gasteiger partial charge in [0.15, 0.2) is 0 Å². The third-order valence-corrected chi connectivity index (χ3v) is 0.507. The zero-order chi connectivity index (χ0) is 5.15. The molecule has 0 aromatic carbocycles. The van der Waals surface area contributed by atoms with Gasteiger partial charge in [0.1, 0.15) is 0 Å². The molecular formula is C2HBrO3. The number of carbonyl (C=O) groups is 2. The highest BCUT2D eigenvalue weighted by Crippen LogP contribution is 1.79. The summed E-state index contributed by atoms with van der Waals surface area (Å²) < 4.78 is -1.01. The summed E-state index contributed by atoms with van der Waals surface area (Å²) in [7, 11) is 0. The van der Waals surface area contributed by atoms with Gasteiger partial charge >= 0.3 is 10.7 Å². The molecule has 0 fully saturated rings. The quantitative estimate of drug-likeness (QED) is 0.425. The molecule has 0 spiro atoms. The highest BCUT2D eigenvalue weighted by atomic mass is 79.9. The summed E-state index contributed by atoms with van der Waals surface area (Å²) in [5.74, 6) is -1.46. The van der Waals surface area contributed by atoms with E-state index in [-0.39, 0.29) is 0 Å². The van der Waals surface area contributed by atoms with Gasteiger partial charge in [-0.15, -0.1) is 0 Å². The van der Waals surface area contributed by atoms with Crippen LogP contribution in [0.2, 0.25) is 0 Å². The molecule has 0 aliphatic rings. The minimum Gasteiger partial charge on any atom is -0.475 e. The average molecular weight is 153 g/mol. The first-order chi connectivity index (χ1) is 2.64. The van der Waals surface area contributed by atoms with Crippen molar-refractivity contribution in [3.8, 4) is 0 Å². The van der Waals surface area contributed by atoms with Crippen LogP contribution in [0.1, 0.15) is 0 Å². The molecular weight excluding hydrogens is 152 g/mol. The first-order valence-corrected chi connectivity index (χ1v) is 1.86. The lowest BCUT2D eigenvalue weighted by atomic mass is 10.8. The standard InChI is InChI=1S/C2HBrO3/c3-1(4)2(5)6/h(H,5,6). The molecule has 0 saturated carbocycles. The minimum absolute atomic E-state index is 1.01. The molecule has 0 saturated heterocycles. The third kappa shape index (κ3) is 1.90. The molecule has 3 nitrogen and oxygen atoms in total. The first-order valence-electron chi connectivity index (χ1n) is 1.07. The summed E-state index contributed by atoms with van der Waals surface area (Å²) in [6.07, 6.45) is 0. The lowest BCUT2D eigenvalue weighted by molar-refractivity contribution is -0.144. The Bertz CT molecular complexity index is 74.8. The highest BCUT2D eigenvalue weighted by Gasteiger charge is 2.02. The zero-order valence-electron chi connectivity index (χ0n) is 2.64. The Morgan fingerprint density at radius 3 is 1.67 bits per heavy atom.